The van der Waals surface area contributed by atoms with Gasteiger partial charge in [-0.1, -0.05) is 0 Å². The quantitative estimate of drug-likeness (QED) is 0.634. The van der Waals surface area contributed by atoms with Gasteiger partial charge in [0.05, 0.1) is 6.20 Å². The summed E-state index contributed by atoms with van der Waals surface area (Å²) in [4.78, 5) is 3.99. The topological polar surface area (TPSA) is 26.0 Å². The minimum absolute atomic E-state index is 0.780. The van der Waals surface area contributed by atoms with Gasteiger partial charge in [0, 0.05) is 6.42 Å². The van der Waals surface area contributed by atoms with E-state index in [0.29, 0.717) is 0 Å². The Morgan fingerprint density at radius 3 is 3.00 bits per heavy atom. The maximum absolute atomic E-state index is 5.16. The number of nitrogens with zero attached hydrogens (tertiary/aromatic N) is 1. The van der Waals surface area contributed by atoms with Crippen molar-refractivity contribution in [2.24, 2.45) is 0 Å². The largest absolute Gasteiger partial charge is 0.446 e. The Labute approximate surface area is 59.7 Å². The van der Waals surface area contributed by atoms with Crippen molar-refractivity contribution in [1.29, 1.82) is 0 Å². The lowest BCUT2D eigenvalue weighted by atomic mass is 10.5. The molecule has 0 aliphatic heterocycles. The zero-order chi connectivity index (χ0) is 6.69. The summed E-state index contributed by atoms with van der Waals surface area (Å²) in [5, 5.41) is 0. The second kappa shape index (κ2) is 2.92. The number of rotatable bonds is 2. The number of hydrogen-bond donors (Lipinski definition) is 1. The van der Waals surface area contributed by atoms with Crippen molar-refractivity contribution in [1.82, 2.24) is 4.98 Å². The van der Waals surface area contributed by atoms with Crippen LogP contribution >= 0.6 is 12.6 Å². The standard InChI is InChI=1S/C6H9NOS/c1-5-4-7-6(8-5)2-3-9/h4,9H,2-3H2,1H3. The van der Waals surface area contributed by atoms with E-state index in [1.54, 1.807) is 6.20 Å². The van der Waals surface area contributed by atoms with Crippen molar-refractivity contribution in [3.05, 3.63) is 17.8 Å². The molecule has 0 saturated carbocycles. The molecule has 0 aliphatic carbocycles. The highest BCUT2D eigenvalue weighted by atomic mass is 32.1. The molecule has 50 valence electrons. The summed E-state index contributed by atoms with van der Waals surface area (Å²) in [6.45, 7) is 1.88. The molecule has 1 aromatic heterocycles. The van der Waals surface area contributed by atoms with Crippen molar-refractivity contribution in [2.45, 2.75) is 13.3 Å². The molecule has 0 fully saturated rings. The molecule has 3 heteroatoms. The van der Waals surface area contributed by atoms with Crippen molar-refractivity contribution in [2.75, 3.05) is 5.75 Å². The molecule has 1 aromatic rings. The summed E-state index contributed by atoms with van der Waals surface area (Å²) in [6, 6.07) is 0. The molecule has 0 spiro atoms. The van der Waals surface area contributed by atoms with Crippen LogP contribution in [0.2, 0.25) is 0 Å². The molecule has 0 saturated heterocycles. The Kier molecular flexibility index (Phi) is 2.16. The maximum Gasteiger partial charge on any atom is 0.195 e. The Morgan fingerprint density at radius 1 is 1.78 bits per heavy atom. The number of aromatic nitrogens is 1. The zero-order valence-corrected chi connectivity index (χ0v) is 6.19. The number of hydrogen-bond acceptors (Lipinski definition) is 3. The van der Waals surface area contributed by atoms with Crippen LogP contribution < -0.4 is 0 Å². The van der Waals surface area contributed by atoms with Crippen LogP contribution in [-0.4, -0.2) is 10.7 Å². The maximum atomic E-state index is 5.16. The lowest BCUT2D eigenvalue weighted by Crippen LogP contribution is -1.83. The summed E-state index contributed by atoms with van der Waals surface area (Å²) in [5.41, 5.74) is 0. The second-order valence-electron chi connectivity index (χ2n) is 1.84. The van der Waals surface area contributed by atoms with Gasteiger partial charge in [0.1, 0.15) is 5.76 Å². The molecular formula is C6H9NOS. The summed E-state index contributed by atoms with van der Waals surface area (Å²) in [7, 11) is 0. The smallest absolute Gasteiger partial charge is 0.195 e. The highest BCUT2D eigenvalue weighted by Crippen LogP contribution is 2.01. The zero-order valence-electron chi connectivity index (χ0n) is 5.29. The predicted octanol–water partition coefficient (Wildman–Crippen LogP) is 1.46. The fourth-order valence-electron chi connectivity index (χ4n) is 0.613. The van der Waals surface area contributed by atoms with Crippen LogP contribution in [-0.2, 0) is 6.42 Å². The fourth-order valence-corrected chi connectivity index (χ4v) is 0.804. The second-order valence-corrected chi connectivity index (χ2v) is 2.29. The van der Waals surface area contributed by atoms with Crippen LogP contribution in [0, 0.1) is 6.92 Å². The number of aryl methyl sites for hydroxylation is 2. The van der Waals surface area contributed by atoms with Crippen LogP contribution in [0.25, 0.3) is 0 Å². The first kappa shape index (κ1) is 6.68. The van der Waals surface area contributed by atoms with Crippen LogP contribution in [0.5, 0.6) is 0 Å². The molecule has 0 N–H and O–H groups in total. The third-order valence-electron chi connectivity index (χ3n) is 0.995. The Balaban J connectivity index is 2.61. The Hall–Kier alpha value is -0.440. The van der Waals surface area contributed by atoms with Gasteiger partial charge >= 0.3 is 0 Å². The van der Waals surface area contributed by atoms with E-state index in [0.717, 1.165) is 23.8 Å². The van der Waals surface area contributed by atoms with Crippen molar-refractivity contribution in [3.8, 4) is 0 Å². The molecule has 1 rings (SSSR count). The van der Waals surface area contributed by atoms with Gasteiger partial charge < -0.3 is 4.42 Å². The van der Waals surface area contributed by atoms with Crippen molar-refractivity contribution < 1.29 is 4.42 Å². The van der Waals surface area contributed by atoms with Gasteiger partial charge in [-0.2, -0.15) is 12.6 Å². The lowest BCUT2D eigenvalue weighted by molar-refractivity contribution is 0.478. The van der Waals surface area contributed by atoms with Gasteiger partial charge in [0.2, 0.25) is 0 Å². The van der Waals surface area contributed by atoms with Gasteiger partial charge in [0.25, 0.3) is 0 Å². The summed E-state index contributed by atoms with van der Waals surface area (Å²) >= 11 is 4.04. The van der Waals surface area contributed by atoms with E-state index in [1.807, 2.05) is 6.92 Å². The summed E-state index contributed by atoms with van der Waals surface area (Å²) in [6.07, 6.45) is 2.54. The SMILES string of the molecule is Cc1cnc(CCS)o1. The molecule has 0 bridgehead atoms. The molecule has 0 amide bonds. The molecule has 9 heavy (non-hydrogen) atoms. The van der Waals surface area contributed by atoms with E-state index in [4.69, 9.17) is 4.42 Å². The Bertz CT molecular complexity index is 185. The van der Waals surface area contributed by atoms with Crippen LogP contribution in [0.3, 0.4) is 0 Å². The first-order valence-electron chi connectivity index (χ1n) is 2.85. The predicted molar refractivity (Wildman–Crippen MR) is 38.8 cm³/mol. The van der Waals surface area contributed by atoms with Crippen LogP contribution in [0.4, 0.5) is 0 Å². The highest BCUT2D eigenvalue weighted by molar-refractivity contribution is 7.80. The molecule has 2 nitrogen and oxygen atoms in total. The molecule has 0 radical (unpaired) electrons. The minimum Gasteiger partial charge on any atom is -0.446 e. The van der Waals surface area contributed by atoms with E-state index in [1.165, 1.54) is 0 Å². The van der Waals surface area contributed by atoms with Crippen molar-refractivity contribution in [3.63, 3.8) is 0 Å². The van der Waals surface area contributed by atoms with E-state index in [9.17, 15) is 0 Å². The summed E-state index contributed by atoms with van der Waals surface area (Å²) in [5.74, 6) is 2.44. The van der Waals surface area contributed by atoms with Gasteiger partial charge in [-0.15, -0.1) is 0 Å². The van der Waals surface area contributed by atoms with Gasteiger partial charge in [-0.3, -0.25) is 0 Å². The van der Waals surface area contributed by atoms with Gasteiger partial charge in [0.15, 0.2) is 5.89 Å². The van der Waals surface area contributed by atoms with E-state index in [-0.39, 0.29) is 0 Å². The molecular weight excluding hydrogens is 134 g/mol. The monoisotopic (exact) mass is 143 g/mol. The molecule has 1 heterocycles. The number of thiol groups is 1. The molecule has 0 aliphatic rings. The third kappa shape index (κ3) is 1.75. The van der Waals surface area contributed by atoms with E-state index in [2.05, 4.69) is 17.6 Å². The molecule has 0 unspecified atom stereocenters. The average Bonchev–Trinajstić information content (AvgIpc) is 2.17. The summed E-state index contributed by atoms with van der Waals surface area (Å²) < 4.78 is 5.16. The first-order valence-corrected chi connectivity index (χ1v) is 3.48. The van der Waals surface area contributed by atoms with Gasteiger partial charge in [-0.25, -0.2) is 4.98 Å². The van der Waals surface area contributed by atoms with Crippen LogP contribution in [0.15, 0.2) is 10.6 Å². The van der Waals surface area contributed by atoms with Crippen molar-refractivity contribution >= 4 is 12.6 Å². The minimum atomic E-state index is 0.780. The Morgan fingerprint density at radius 2 is 2.56 bits per heavy atom. The van der Waals surface area contributed by atoms with Crippen LogP contribution in [0.1, 0.15) is 11.7 Å². The fraction of sp³-hybridized carbons (Fsp3) is 0.500. The molecule has 0 atom stereocenters. The first-order chi connectivity index (χ1) is 4.33. The number of oxazole rings is 1. The average molecular weight is 143 g/mol. The highest BCUT2D eigenvalue weighted by Gasteiger charge is 1.96. The van der Waals surface area contributed by atoms with Gasteiger partial charge in [-0.05, 0) is 12.7 Å². The third-order valence-corrected chi connectivity index (χ3v) is 1.22. The van der Waals surface area contributed by atoms with E-state index < -0.39 is 0 Å². The normalized spacial score (nSPS) is 10.0. The van der Waals surface area contributed by atoms with E-state index >= 15 is 0 Å². The lowest BCUT2D eigenvalue weighted by Gasteiger charge is -1.85. The molecule has 0 aromatic carbocycles.